The molecule has 0 spiro atoms. The van der Waals surface area contributed by atoms with E-state index in [1.165, 1.54) is 12.7 Å². The summed E-state index contributed by atoms with van der Waals surface area (Å²) in [5, 5.41) is 0. The first-order valence-electron chi connectivity index (χ1n) is 9.16. The maximum absolute atomic E-state index is 12.7. The minimum absolute atomic E-state index is 0.00514. The highest BCUT2D eigenvalue weighted by atomic mass is 16.6. The van der Waals surface area contributed by atoms with Gasteiger partial charge in [-0.1, -0.05) is 39.0 Å². The summed E-state index contributed by atoms with van der Waals surface area (Å²) in [5.74, 6) is 1.19. The van der Waals surface area contributed by atoms with Crippen LogP contribution in [0.2, 0.25) is 0 Å². The van der Waals surface area contributed by atoms with Crippen molar-refractivity contribution in [1.29, 1.82) is 0 Å². The zero-order valence-corrected chi connectivity index (χ0v) is 16.8. The van der Waals surface area contributed by atoms with E-state index in [0.29, 0.717) is 28.9 Å². The number of allylic oxidation sites excluding steroid dienone is 3. The number of carbonyl (C=O) groups is 1. The third-order valence-corrected chi connectivity index (χ3v) is 6.89. The Morgan fingerprint density at radius 2 is 1.88 bits per heavy atom. The molecule has 0 radical (unpaired) electrons. The van der Waals surface area contributed by atoms with Crippen molar-refractivity contribution in [2.45, 2.75) is 53.4 Å². The van der Waals surface area contributed by atoms with Crippen LogP contribution in [0.5, 0.6) is 5.95 Å². The molecule has 1 saturated carbocycles. The third-order valence-electron chi connectivity index (χ3n) is 6.89. The SMILES string of the molecule is C=C(C(=O)CC)[C@H]1C(C)=C[C@@]2(C)[C@@H]1[C@]2(C)c1oc(OC)c(C)c(=O)c1C. The standard InChI is InChI=1S/C22H28O4/c1-9-15(23)12(3)16-11(2)10-21(6)18(16)22(21,7)19-13(4)17(24)14(5)20(25-8)26-19/h10,16,18H,3,9H2,1-2,4-8H3/t16-,18-,21+,22-/m1/s1. The lowest BCUT2D eigenvalue weighted by molar-refractivity contribution is -0.115. The second-order valence-electron chi connectivity index (χ2n) is 8.13. The Morgan fingerprint density at radius 3 is 2.42 bits per heavy atom. The van der Waals surface area contributed by atoms with Crippen molar-refractivity contribution in [3.05, 3.63) is 50.9 Å². The van der Waals surface area contributed by atoms with E-state index >= 15 is 0 Å². The Hall–Kier alpha value is -2.10. The summed E-state index contributed by atoms with van der Waals surface area (Å²) in [4.78, 5) is 25.0. The van der Waals surface area contributed by atoms with Crippen molar-refractivity contribution < 1.29 is 13.9 Å². The molecule has 0 aromatic carbocycles. The van der Waals surface area contributed by atoms with Crippen molar-refractivity contribution in [2.75, 3.05) is 7.11 Å². The normalized spacial score (nSPS) is 32.0. The topological polar surface area (TPSA) is 56.5 Å². The molecule has 2 aliphatic rings. The van der Waals surface area contributed by atoms with Gasteiger partial charge >= 0.3 is 0 Å². The number of fused-ring (bicyclic) bond motifs is 1. The van der Waals surface area contributed by atoms with Crippen LogP contribution in [0.1, 0.15) is 51.0 Å². The van der Waals surface area contributed by atoms with Crippen LogP contribution in [0.15, 0.2) is 33.0 Å². The number of Topliss-reactive ketones (excluding diaryl/α,β-unsaturated/α-hetero) is 1. The zero-order chi connectivity index (χ0) is 19.6. The molecule has 4 nitrogen and oxygen atoms in total. The van der Waals surface area contributed by atoms with Gasteiger partial charge in [-0.25, -0.2) is 0 Å². The summed E-state index contributed by atoms with van der Waals surface area (Å²) in [6, 6.07) is 0. The van der Waals surface area contributed by atoms with Crippen LogP contribution in [0.4, 0.5) is 0 Å². The van der Waals surface area contributed by atoms with Gasteiger partial charge in [-0.05, 0) is 32.3 Å². The Balaban J connectivity index is 2.15. The molecular weight excluding hydrogens is 328 g/mol. The summed E-state index contributed by atoms with van der Waals surface area (Å²) in [6.07, 6.45) is 2.69. The van der Waals surface area contributed by atoms with Crippen molar-refractivity contribution in [3.63, 3.8) is 0 Å². The molecule has 26 heavy (non-hydrogen) atoms. The monoisotopic (exact) mass is 356 g/mol. The lowest BCUT2D eigenvalue weighted by atomic mass is 9.80. The highest BCUT2D eigenvalue weighted by Crippen LogP contribution is 2.78. The average Bonchev–Trinajstić information content (AvgIpc) is 2.92. The third kappa shape index (κ3) is 2.07. The van der Waals surface area contributed by atoms with Crippen molar-refractivity contribution in [1.82, 2.24) is 0 Å². The van der Waals surface area contributed by atoms with Gasteiger partial charge < -0.3 is 9.15 Å². The molecule has 140 valence electrons. The summed E-state index contributed by atoms with van der Waals surface area (Å²) >= 11 is 0. The average molecular weight is 356 g/mol. The molecule has 0 aliphatic heterocycles. The van der Waals surface area contributed by atoms with Gasteiger partial charge in [-0.3, -0.25) is 9.59 Å². The summed E-state index contributed by atoms with van der Waals surface area (Å²) in [5.41, 5.74) is 2.39. The van der Waals surface area contributed by atoms with Gasteiger partial charge in [-0.15, -0.1) is 0 Å². The van der Waals surface area contributed by atoms with Gasteiger partial charge in [0, 0.05) is 28.7 Å². The molecule has 4 atom stereocenters. The highest BCUT2D eigenvalue weighted by Gasteiger charge is 2.77. The van der Waals surface area contributed by atoms with E-state index in [4.69, 9.17) is 9.15 Å². The quantitative estimate of drug-likeness (QED) is 0.584. The van der Waals surface area contributed by atoms with Crippen LogP contribution in [0.25, 0.3) is 0 Å². The largest absolute Gasteiger partial charge is 0.468 e. The molecule has 0 bridgehead atoms. The maximum Gasteiger partial charge on any atom is 0.291 e. The van der Waals surface area contributed by atoms with Crippen molar-refractivity contribution >= 4 is 5.78 Å². The number of hydrogen-bond donors (Lipinski definition) is 0. The Labute approximate surface area is 154 Å². The van der Waals surface area contributed by atoms with Crippen LogP contribution in [-0.4, -0.2) is 12.9 Å². The molecule has 0 saturated heterocycles. The molecule has 4 heteroatoms. The summed E-state index contributed by atoms with van der Waals surface area (Å²) in [6.45, 7) is 15.9. The van der Waals surface area contributed by atoms with E-state index < -0.39 is 0 Å². The van der Waals surface area contributed by atoms with Crippen LogP contribution in [0, 0.1) is 31.1 Å². The van der Waals surface area contributed by atoms with E-state index in [1.807, 2.05) is 13.8 Å². The molecule has 0 N–H and O–H groups in total. The second-order valence-corrected chi connectivity index (χ2v) is 8.13. The minimum Gasteiger partial charge on any atom is -0.468 e. The highest BCUT2D eigenvalue weighted by molar-refractivity contribution is 5.96. The van der Waals surface area contributed by atoms with Gasteiger partial charge in [0.05, 0.1) is 12.7 Å². The van der Waals surface area contributed by atoms with E-state index in [-0.39, 0.29) is 39.8 Å². The summed E-state index contributed by atoms with van der Waals surface area (Å²) < 4.78 is 11.4. The Morgan fingerprint density at radius 1 is 1.27 bits per heavy atom. The van der Waals surface area contributed by atoms with Crippen molar-refractivity contribution in [3.8, 4) is 5.95 Å². The molecule has 1 aromatic heterocycles. The van der Waals surface area contributed by atoms with Gasteiger partial charge in [0.15, 0.2) is 11.2 Å². The molecular formula is C22H28O4. The van der Waals surface area contributed by atoms with Gasteiger partial charge in [0.25, 0.3) is 5.95 Å². The first-order valence-corrected chi connectivity index (χ1v) is 9.16. The molecule has 2 aliphatic carbocycles. The minimum atomic E-state index is -0.363. The van der Waals surface area contributed by atoms with E-state index in [9.17, 15) is 9.59 Å². The fourth-order valence-corrected chi connectivity index (χ4v) is 5.29. The fourth-order valence-electron chi connectivity index (χ4n) is 5.29. The van der Waals surface area contributed by atoms with Gasteiger partial charge in [0.1, 0.15) is 5.76 Å². The number of carbonyl (C=O) groups excluding carboxylic acids is 1. The molecule has 1 aromatic rings. The van der Waals surface area contributed by atoms with E-state index in [2.05, 4.69) is 33.4 Å². The fraction of sp³-hybridized carbons (Fsp3) is 0.545. The van der Waals surface area contributed by atoms with E-state index in [0.717, 1.165) is 0 Å². The maximum atomic E-state index is 12.7. The number of hydrogen-bond acceptors (Lipinski definition) is 4. The zero-order valence-electron chi connectivity index (χ0n) is 16.8. The van der Waals surface area contributed by atoms with Crippen LogP contribution >= 0.6 is 0 Å². The molecule has 3 rings (SSSR count). The molecule has 1 heterocycles. The number of ketones is 1. The Kier molecular flexibility index (Phi) is 4.10. The Bertz CT molecular complexity index is 903. The summed E-state index contributed by atoms with van der Waals surface area (Å²) in [7, 11) is 1.51. The molecule has 0 unspecified atom stereocenters. The smallest absolute Gasteiger partial charge is 0.291 e. The van der Waals surface area contributed by atoms with Gasteiger partial charge in [0.2, 0.25) is 0 Å². The lowest BCUT2D eigenvalue weighted by Crippen LogP contribution is -2.24. The van der Waals surface area contributed by atoms with Crippen LogP contribution in [-0.2, 0) is 10.2 Å². The van der Waals surface area contributed by atoms with E-state index in [1.54, 1.807) is 6.92 Å². The van der Waals surface area contributed by atoms with Crippen molar-refractivity contribution in [2.24, 2.45) is 17.3 Å². The lowest BCUT2D eigenvalue weighted by Gasteiger charge is -2.24. The van der Waals surface area contributed by atoms with Gasteiger partial charge in [-0.2, -0.15) is 0 Å². The first kappa shape index (κ1) is 18.7. The number of rotatable bonds is 5. The number of ether oxygens (including phenoxy) is 1. The molecule has 0 amide bonds. The predicted molar refractivity (Wildman–Crippen MR) is 102 cm³/mol. The number of methoxy groups -OCH3 is 1. The molecule has 1 fully saturated rings. The first-order chi connectivity index (χ1) is 12.1. The predicted octanol–water partition coefficient (Wildman–Crippen LogP) is 4.27. The van der Waals surface area contributed by atoms with Crippen LogP contribution in [0.3, 0.4) is 0 Å². The second kappa shape index (κ2) is 5.70. The van der Waals surface area contributed by atoms with Crippen LogP contribution < -0.4 is 10.2 Å².